The maximum Gasteiger partial charge on any atom is 0.326 e. The monoisotopic (exact) mass is 386 g/mol. The van der Waals surface area contributed by atoms with Crippen molar-refractivity contribution >= 4 is 17.6 Å². The van der Waals surface area contributed by atoms with E-state index in [9.17, 15) is 24.1 Å². The van der Waals surface area contributed by atoms with E-state index in [1.165, 1.54) is 36.4 Å². The van der Waals surface area contributed by atoms with Crippen molar-refractivity contribution in [1.82, 2.24) is 15.1 Å². The number of nitrogens with one attached hydrogen (secondary N) is 1. The Morgan fingerprint density at radius 3 is 2.50 bits per heavy atom. The summed E-state index contributed by atoms with van der Waals surface area (Å²) in [4.78, 5) is 38.4. The number of nitro groups is 1. The summed E-state index contributed by atoms with van der Waals surface area (Å²) in [6.45, 7) is 1.92. The number of benzene rings is 2. The van der Waals surface area contributed by atoms with Gasteiger partial charge in [-0.2, -0.15) is 0 Å². The molecule has 0 bridgehead atoms. The molecule has 1 fully saturated rings. The van der Waals surface area contributed by atoms with E-state index in [2.05, 4.69) is 5.32 Å². The summed E-state index contributed by atoms with van der Waals surface area (Å²) in [6.07, 6.45) is 0. The number of amides is 3. The zero-order chi connectivity index (χ0) is 20.5. The van der Waals surface area contributed by atoms with Gasteiger partial charge >= 0.3 is 6.03 Å². The van der Waals surface area contributed by atoms with Crippen LogP contribution in [0.3, 0.4) is 0 Å². The van der Waals surface area contributed by atoms with Gasteiger partial charge in [0.15, 0.2) is 0 Å². The Labute approximate surface area is 160 Å². The number of non-ortho nitro benzene ring substituents is 1. The second kappa shape index (κ2) is 7.35. The van der Waals surface area contributed by atoms with Gasteiger partial charge in [-0.25, -0.2) is 14.1 Å². The summed E-state index contributed by atoms with van der Waals surface area (Å²) >= 11 is 0. The van der Waals surface area contributed by atoms with Gasteiger partial charge < -0.3 is 5.32 Å². The minimum absolute atomic E-state index is 0.0176. The van der Waals surface area contributed by atoms with E-state index in [4.69, 9.17) is 0 Å². The van der Waals surface area contributed by atoms with E-state index >= 15 is 0 Å². The van der Waals surface area contributed by atoms with Crippen molar-refractivity contribution in [3.63, 3.8) is 0 Å². The zero-order valence-corrected chi connectivity index (χ0v) is 15.4. The van der Waals surface area contributed by atoms with Gasteiger partial charge in [-0.05, 0) is 49.4 Å². The summed E-state index contributed by atoms with van der Waals surface area (Å²) in [7, 11) is 1.72. The van der Waals surface area contributed by atoms with Crippen LogP contribution in [-0.2, 0) is 16.9 Å². The van der Waals surface area contributed by atoms with Crippen molar-refractivity contribution in [2.24, 2.45) is 0 Å². The van der Waals surface area contributed by atoms with Crippen LogP contribution in [0.4, 0.5) is 14.9 Å². The molecule has 28 heavy (non-hydrogen) atoms. The predicted octanol–water partition coefficient (Wildman–Crippen LogP) is 2.59. The van der Waals surface area contributed by atoms with Gasteiger partial charge in [-0.15, -0.1) is 0 Å². The second-order valence-electron chi connectivity index (χ2n) is 6.88. The minimum atomic E-state index is -1.31. The normalized spacial score (nSPS) is 19.2. The van der Waals surface area contributed by atoms with Gasteiger partial charge in [0.25, 0.3) is 11.6 Å². The molecule has 0 aromatic heterocycles. The van der Waals surface area contributed by atoms with Crippen LogP contribution in [0.25, 0.3) is 0 Å². The van der Waals surface area contributed by atoms with Crippen LogP contribution in [0.5, 0.6) is 0 Å². The summed E-state index contributed by atoms with van der Waals surface area (Å²) < 4.78 is 13.3. The molecular formula is C19H19FN4O4. The highest BCUT2D eigenvalue weighted by Crippen LogP contribution is 2.30. The molecule has 1 heterocycles. The van der Waals surface area contributed by atoms with Crippen molar-refractivity contribution in [2.45, 2.75) is 19.0 Å². The predicted molar refractivity (Wildman–Crippen MR) is 98.6 cm³/mol. The third-order valence-corrected chi connectivity index (χ3v) is 4.65. The Morgan fingerprint density at radius 1 is 1.21 bits per heavy atom. The molecule has 2 aromatic rings. The van der Waals surface area contributed by atoms with E-state index in [0.29, 0.717) is 17.7 Å². The lowest BCUT2D eigenvalue weighted by Crippen LogP contribution is -2.42. The van der Waals surface area contributed by atoms with Gasteiger partial charge in [0, 0.05) is 18.7 Å². The molecule has 0 unspecified atom stereocenters. The maximum atomic E-state index is 13.3. The van der Waals surface area contributed by atoms with Gasteiger partial charge in [-0.1, -0.05) is 12.1 Å². The Bertz CT molecular complexity index is 934. The minimum Gasteiger partial charge on any atom is -0.319 e. The fourth-order valence-electron chi connectivity index (χ4n) is 3.18. The van der Waals surface area contributed by atoms with Crippen LogP contribution in [0.2, 0.25) is 0 Å². The standard InChI is InChI=1S/C19H19FN4O4/c1-19(14-6-8-16(9-7-14)24(27)28)17(25)23(18(26)21-19)12-22(2)11-13-4-3-5-15(20)10-13/h3-10H,11-12H2,1-2H3,(H,21,26)/t19-/m0/s1. The van der Waals surface area contributed by atoms with Crippen molar-refractivity contribution in [1.29, 1.82) is 0 Å². The molecule has 146 valence electrons. The van der Waals surface area contributed by atoms with Crippen molar-refractivity contribution in [3.05, 3.63) is 75.6 Å². The van der Waals surface area contributed by atoms with Gasteiger partial charge in [-0.3, -0.25) is 19.8 Å². The molecule has 9 heteroatoms. The summed E-state index contributed by atoms with van der Waals surface area (Å²) in [6, 6.07) is 11.0. The molecule has 2 aromatic carbocycles. The van der Waals surface area contributed by atoms with Crippen LogP contribution in [0, 0.1) is 15.9 Å². The summed E-state index contributed by atoms with van der Waals surface area (Å²) in [5, 5.41) is 13.5. The number of rotatable bonds is 6. The van der Waals surface area contributed by atoms with Crippen LogP contribution in [0.1, 0.15) is 18.1 Å². The molecular weight excluding hydrogens is 367 g/mol. The topological polar surface area (TPSA) is 95.8 Å². The van der Waals surface area contributed by atoms with E-state index in [1.807, 2.05) is 0 Å². The number of hydrogen-bond acceptors (Lipinski definition) is 5. The molecule has 3 rings (SSSR count). The fraction of sp³-hybridized carbons (Fsp3) is 0.263. The highest BCUT2D eigenvalue weighted by molar-refractivity contribution is 6.07. The first-order chi connectivity index (χ1) is 13.2. The molecule has 1 saturated heterocycles. The first-order valence-electron chi connectivity index (χ1n) is 8.53. The molecule has 8 nitrogen and oxygen atoms in total. The van der Waals surface area contributed by atoms with Crippen LogP contribution in [0.15, 0.2) is 48.5 Å². The van der Waals surface area contributed by atoms with Gasteiger partial charge in [0.1, 0.15) is 11.4 Å². The van der Waals surface area contributed by atoms with Crippen LogP contribution in [-0.4, -0.2) is 40.4 Å². The molecule has 0 aliphatic carbocycles. The van der Waals surface area contributed by atoms with E-state index in [-0.39, 0.29) is 18.2 Å². The second-order valence-corrected chi connectivity index (χ2v) is 6.88. The molecule has 1 aliphatic rings. The number of carbonyl (C=O) groups is 2. The van der Waals surface area contributed by atoms with Crippen molar-refractivity contribution in [2.75, 3.05) is 13.7 Å². The molecule has 1 aliphatic heterocycles. The fourth-order valence-corrected chi connectivity index (χ4v) is 3.18. The number of hydrogen-bond donors (Lipinski definition) is 1. The highest BCUT2D eigenvalue weighted by atomic mass is 19.1. The average molecular weight is 386 g/mol. The number of carbonyl (C=O) groups excluding carboxylic acids is 2. The molecule has 1 atom stereocenters. The lowest BCUT2D eigenvalue weighted by Gasteiger charge is -2.24. The maximum absolute atomic E-state index is 13.3. The third kappa shape index (κ3) is 3.70. The third-order valence-electron chi connectivity index (χ3n) is 4.65. The Balaban J connectivity index is 1.74. The number of halogens is 1. The van der Waals surface area contributed by atoms with Gasteiger partial charge in [0.2, 0.25) is 0 Å². The van der Waals surface area contributed by atoms with E-state index in [0.717, 1.165) is 4.90 Å². The molecule has 0 spiro atoms. The Kier molecular flexibility index (Phi) is 5.10. The largest absolute Gasteiger partial charge is 0.326 e. The molecule has 3 amide bonds. The van der Waals surface area contributed by atoms with E-state index < -0.39 is 22.4 Å². The zero-order valence-electron chi connectivity index (χ0n) is 15.4. The molecule has 0 radical (unpaired) electrons. The SMILES string of the molecule is CN(Cc1cccc(F)c1)CN1C(=O)N[C@@](C)(c2ccc([N+](=O)[O-])cc2)C1=O. The average Bonchev–Trinajstić information content (AvgIpc) is 2.86. The number of urea groups is 1. The smallest absolute Gasteiger partial charge is 0.319 e. The highest BCUT2D eigenvalue weighted by Gasteiger charge is 2.49. The Morgan fingerprint density at radius 2 is 1.89 bits per heavy atom. The summed E-state index contributed by atoms with van der Waals surface area (Å²) in [5.74, 6) is -0.816. The lowest BCUT2D eigenvalue weighted by molar-refractivity contribution is -0.384. The van der Waals surface area contributed by atoms with E-state index in [1.54, 1.807) is 31.0 Å². The van der Waals surface area contributed by atoms with Crippen LogP contribution < -0.4 is 5.32 Å². The molecule has 1 N–H and O–H groups in total. The quantitative estimate of drug-likeness (QED) is 0.468. The lowest BCUT2D eigenvalue weighted by atomic mass is 9.92. The number of nitro benzene ring substituents is 1. The molecule has 0 saturated carbocycles. The first-order valence-corrected chi connectivity index (χ1v) is 8.53. The Hall–Kier alpha value is -3.33. The number of nitrogens with zero attached hydrogens (tertiary/aromatic N) is 3. The first kappa shape index (κ1) is 19.4. The van der Waals surface area contributed by atoms with Crippen molar-refractivity contribution in [3.8, 4) is 0 Å². The van der Waals surface area contributed by atoms with Crippen molar-refractivity contribution < 1.29 is 18.9 Å². The van der Waals surface area contributed by atoms with Crippen LogP contribution >= 0.6 is 0 Å². The van der Waals surface area contributed by atoms with Gasteiger partial charge in [0.05, 0.1) is 11.6 Å². The number of imide groups is 1. The summed E-state index contributed by atoms with van der Waals surface area (Å²) in [5.41, 5.74) is -0.249.